The number of para-hydroxylation sites is 1. The highest BCUT2D eigenvalue weighted by molar-refractivity contribution is 7.90. The largest absolute Gasteiger partial charge is 0.268 e. The van der Waals surface area contributed by atoms with Crippen LogP contribution in [0.15, 0.2) is 57.8 Å². The molecule has 0 radical (unpaired) electrons. The minimum atomic E-state index is -3.78. The van der Waals surface area contributed by atoms with Gasteiger partial charge < -0.3 is 0 Å². The Kier molecular flexibility index (Phi) is 5.34. The van der Waals surface area contributed by atoms with Crippen molar-refractivity contribution in [3.05, 3.63) is 65.4 Å². The van der Waals surface area contributed by atoms with E-state index in [4.69, 9.17) is 0 Å². The Labute approximate surface area is 168 Å². The lowest BCUT2D eigenvalue weighted by atomic mass is 10.1. The highest BCUT2D eigenvalue weighted by atomic mass is 32.2. The van der Waals surface area contributed by atoms with E-state index in [1.54, 1.807) is 43.3 Å². The molecule has 2 aromatic carbocycles. The molecule has 7 heteroatoms. The molecule has 0 aliphatic carbocycles. The molecule has 0 saturated heterocycles. The van der Waals surface area contributed by atoms with Crippen LogP contribution < -0.4 is 0 Å². The molecule has 0 N–H and O–H groups in total. The Balaban J connectivity index is 2.23. The maximum absolute atomic E-state index is 13.3. The summed E-state index contributed by atoms with van der Waals surface area (Å²) in [7, 11) is -5.21. The number of rotatable bonds is 4. The van der Waals surface area contributed by atoms with Gasteiger partial charge in [0.1, 0.15) is 11.0 Å². The fourth-order valence-electron chi connectivity index (χ4n) is 2.91. The van der Waals surface area contributed by atoms with Crippen LogP contribution in [0.1, 0.15) is 37.6 Å². The number of hydrogen-bond acceptors (Lipinski definition) is 3. The van der Waals surface area contributed by atoms with Crippen LogP contribution in [-0.2, 0) is 21.0 Å². The van der Waals surface area contributed by atoms with Crippen molar-refractivity contribution in [1.82, 2.24) is 3.97 Å². The lowest BCUT2D eigenvalue weighted by molar-refractivity contribution is 0.588. The molecule has 3 aromatic rings. The number of nitrogens with zero attached hydrogens (tertiary/aromatic N) is 2. The molecular formula is C21H24N2O3S2. The average molecular weight is 417 g/mol. The van der Waals surface area contributed by atoms with E-state index in [1.165, 1.54) is 10.2 Å². The van der Waals surface area contributed by atoms with Gasteiger partial charge in [-0.3, -0.25) is 0 Å². The monoisotopic (exact) mass is 416 g/mol. The van der Waals surface area contributed by atoms with Crippen LogP contribution in [-0.4, -0.2) is 27.6 Å². The zero-order valence-electron chi connectivity index (χ0n) is 16.6. The molecule has 5 nitrogen and oxygen atoms in total. The molecule has 0 spiro atoms. The fraction of sp³-hybridized carbons (Fsp3) is 0.286. The molecule has 0 fully saturated rings. The summed E-state index contributed by atoms with van der Waals surface area (Å²) in [5, 5.41) is 0.755. The molecule has 3 rings (SSSR count). The molecule has 0 bridgehead atoms. The van der Waals surface area contributed by atoms with E-state index in [0.717, 1.165) is 10.9 Å². The first-order valence-corrected chi connectivity index (χ1v) is 11.5. The van der Waals surface area contributed by atoms with Crippen molar-refractivity contribution in [1.29, 1.82) is 0 Å². The summed E-state index contributed by atoms with van der Waals surface area (Å²) in [4.78, 5) is 0.226. The number of benzene rings is 2. The number of aromatic nitrogens is 1. The second-order valence-electron chi connectivity index (χ2n) is 7.69. The summed E-state index contributed by atoms with van der Waals surface area (Å²) in [6, 6.07) is 14.1. The third kappa shape index (κ3) is 3.69. The van der Waals surface area contributed by atoms with Gasteiger partial charge in [-0.05, 0) is 52.8 Å². The fourth-order valence-corrected chi connectivity index (χ4v) is 5.00. The second kappa shape index (κ2) is 7.29. The van der Waals surface area contributed by atoms with Crippen molar-refractivity contribution in [3.8, 4) is 0 Å². The van der Waals surface area contributed by atoms with Gasteiger partial charge in [0.2, 0.25) is 0 Å². The standard InChI is InChI=1S/C21H24N2O3S2/c1-15-10-12-17(13-11-15)28(25,26)23-16(2)19(14-22-27(24)21(3,4)5)18-8-6-7-9-20(18)23/h6-14H,1-5H3/b22-14+/t27-/m0/s1. The van der Waals surface area contributed by atoms with Crippen LogP contribution in [0.4, 0.5) is 0 Å². The summed E-state index contributed by atoms with van der Waals surface area (Å²) in [6.07, 6.45) is 1.53. The first-order valence-electron chi connectivity index (χ1n) is 8.92. The van der Waals surface area contributed by atoms with Crippen molar-refractivity contribution in [2.45, 2.75) is 44.3 Å². The first-order chi connectivity index (χ1) is 13.0. The van der Waals surface area contributed by atoms with Crippen LogP contribution in [0, 0.1) is 13.8 Å². The van der Waals surface area contributed by atoms with E-state index in [2.05, 4.69) is 4.40 Å². The molecule has 1 atom stereocenters. The van der Waals surface area contributed by atoms with Crippen LogP contribution in [0.5, 0.6) is 0 Å². The molecule has 28 heavy (non-hydrogen) atoms. The van der Waals surface area contributed by atoms with Crippen molar-refractivity contribution in [2.24, 2.45) is 4.40 Å². The zero-order valence-corrected chi connectivity index (χ0v) is 18.3. The van der Waals surface area contributed by atoms with Gasteiger partial charge in [-0.2, -0.15) is 4.40 Å². The van der Waals surface area contributed by atoms with Gasteiger partial charge in [0.05, 0.1) is 15.2 Å². The lowest BCUT2D eigenvalue weighted by Gasteiger charge is -2.12. The van der Waals surface area contributed by atoms with Gasteiger partial charge in [0.15, 0.2) is 0 Å². The first kappa shape index (κ1) is 20.5. The predicted octanol–water partition coefficient (Wildman–Crippen LogP) is 4.38. The summed E-state index contributed by atoms with van der Waals surface area (Å²) >= 11 is 0. The highest BCUT2D eigenvalue weighted by Crippen LogP contribution is 2.29. The SMILES string of the molecule is Cc1ccc(S(=O)(=O)n2c(C)c(/C=N/[S@@](=O)C(C)(C)C)c3ccccc32)cc1. The maximum atomic E-state index is 13.3. The quantitative estimate of drug-likeness (QED) is 0.593. The Morgan fingerprint density at radius 3 is 2.21 bits per heavy atom. The minimum Gasteiger partial charge on any atom is -0.238 e. The lowest BCUT2D eigenvalue weighted by Crippen LogP contribution is -2.19. The number of aryl methyl sites for hydroxylation is 1. The second-order valence-corrected chi connectivity index (χ2v) is 11.4. The Bertz CT molecular complexity index is 1180. The average Bonchev–Trinajstić information content (AvgIpc) is 2.91. The minimum absolute atomic E-state index is 0.226. The third-order valence-electron chi connectivity index (χ3n) is 4.47. The molecule has 1 heterocycles. The van der Waals surface area contributed by atoms with Crippen molar-refractivity contribution < 1.29 is 12.6 Å². The van der Waals surface area contributed by atoms with Crippen molar-refractivity contribution in [2.75, 3.05) is 0 Å². The molecule has 1 aromatic heterocycles. The van der Waals surface area contributed by atoms with Gasteiger partial charge in [-0.1, -0.05) is 35.9 Å². The van der Waals surface area contributed by atoms with E-state index in [1.807, 2.05) is 39.8 Å². The molecular weight excluding hydrogens is 392 g/mol. The third-order valence-corrected chi connectivity index (χ3v) is 7.63. The highest BCUT2D eigenvalue weighted by Gasteiger charge is 2.25. The van der Waals surface area contributed by atoms with Crippen LogP contribution in [0.25, 0.3) is 10.9 Å². The zero-order chi connectivity index (χ0) is 20.7. The molecule has 0 saturated carbocycles. The van der Waals surface area contributed by atoms with Gasteiger partial charge in [0.25, 0.3) is 10.0 Å². The molecule has 0 unspecified atom stereocenters. The van der Waals surface area contributed by atoms with E-state index in [-0.39, 0.29) is 4.90 Å². The van der Waals surface area contributed by atoms with E-state index in [9.17, 15) is 12.6 Å². The van der Waals surface area contributed by atoms with E-state index >= 15 is 0 Å². The predicted molar refractivity (Wildman–Crippen MR) is 116 cm³/mol. The Hall–Kier alpha value is -2.25. The van der Waals surface area contributed by atoms with Gasteiger partial charge in [-0.25, -0.2) is 16.6 Å². The van der Waals surface area contributed by atoms with Crippen LogP contribution >= 0.6 is 0 Å². The van der Waals surface area contributed by atoms with Gasteiger partial charge in [-0.15, -0.1) is 0 Å². The summed E-state index contributed by atoms with van der Waals surface area (Å²) < 4.78 is 44.1. The smallest absolute Gasteiger partial charge is 0.238 e. The van der Waals surface area contributed by atoms with Crippen LogP contribution in [0.2, 0.25) is 0 Å². The van der Waals surface area contributed by atoms with Crippen molar-refractivity contribution >= 4 is 38.1 Å². The van der Waals surface area contributed by atoms with Crippen LogP contribution in [0.3, 0.4) is 0 Å². The molecule has 0 aliphatic heterocycles. The summed E-state index contributed by atoms with van der Waals surface area (Å²) in [5.74, 6) is 0. The van der Waals surface area contributed by atoms with Gasteiger partial charge in [0, 0.05) is 22.9 Å². The van der Waals surface area contributed by atoms with Gasteiger partial charge >= 0.3 is 0 Å². The van der Waals surface area contributed by atoms with E-state index in [0.29, 0.717) is 16.8 Å². The molecule has 0 aliphatic rings. The Morgan fingerprint density at radius 1 is 1.00 bits per heavy atom. The summed E-state index contributed by atoms with van der Waals surface area (Å²) in [5.41, 5.74) is 2.76. The maximum Gasteiger partial charge on any atom is 0.268 e. The molecule has 148 valence electrons. The Morgan fingerprint density at radius 2 is 1.61 bits per heavy atom. The number of fused-ring (bicyclic) bond motifs is 1. The topological polar surface area (TPSA) is 68.5 Å². The molecule has 0 amide bonds. The summed E-state index contributed by atoms with van der Waals surface area (Å²) in [6.45, 7) is 9.19. The number of hydrogen-bond donors (Lipinski definition) is 0. The van der Waals surface area contributed by atoms with E-state index < -0.39 is 25.8 Å². The van der Waals surface area contributed by atoms with Crippen molar-refractivity contribution in [3.63, 3.8) is 0 Å². The normalized spacial score (nSPS) is 14.0.